The summed E-state index contributed by atoms with van der Waals surface area (Å²) in [5.41, 5.74) is 12.6. The van der Waals surface area contributed by atoms with Crippen LogP contribution in [0.25, 0.3) is 33.3 Å². The maximum Gasteiger partial charge on any atom is 0.135 e. The summed E-state index contributed by atoms with van der Waals surface area (Å²) in [5, 5.41) is 2.29. The van der Waals surface area contributed by atoms with Gasteiger partial charge in [0.2, 0.25) is 0 Å². The Hall–Kier alpha value is -5.12. The second-order valence-electron chi connectivity index (χ2n) is 22.7. The Morgan fingerprint density at radius 1 is 0.538 bits per heavy atom. The minimum absolute atomic E-state index is 0. The number of anilines is 2. The SMILES string of the molecule is CC(C)(C)c1cc(Oc2[c-]c3c(cc2)c2cc(C(C)(C)C)ccc2n3-c2cc(C(C)(C)C)ccn2)[c-]c(N2C=C(c3ccccc3)N(c3cc(C(C)(C)C)cc(C(C)(C)C)c3)C2)c1.[CH3-].[Pt]. The molecule has 0 saturated heterocycles. The van der Waals surface area contributed by atoms with Crippen molar-refractivity contribution in [1.29, 1.82) is 0 Å². The van der Waals surface area contributed by atoms with Crippen molar-refractivity contribution in [3.63, 3.8) is 0 Å². The van der Waals surface area contributed by atoms with E-state index in [2.05, 4.69) is 234 Å². The first-order valence-electron chi connectivity index (χ1n) is 22.6. The van der Waals surface area contributed by atoms with Gasteiger partial charge in [-0.2, -0.15) is 6.07 Å². The molecule has 6 heteroatoms. The number of ether oxygens (including phenoxy) is 1. The zero-order chi connectivity index (χ0) is 45.4. The van der Waals surface area contributed by atoms with E-state index in [1.54, 1.807) is 0 Å². The van der Waals surface area contributed by atoms with Gasteiger partial charge in [-0.1, -0.05) is 164 Å². The summed E-state index contributed by atoms with van der Waals surface area (Å²) in [7, 11) is 0. The number of pyridine rings is 1. The Bertz CT molecular complexity index is 2840. The molecule has 344 valence electrons. The fraction of sp³-hybridized carbons (Fsp3) is 0.356. The van der Waals surface area contributed by atoms with E-state index in [4.69, 9.17) is 9.72 Å². The summed E-state index contributed by atoms with van der Waals surface area (Å²) < 4.78 is 9.13. The number of hydrogen-bond acceptors (Lipinski definition) is 4. The Labute approximate surface area is 405 Å². The van der Waals surface area contributed by atoms with Crippen molar-refractivity contribution in [2.75, 3.05) is 16.5 Å². The molecule has 1 aliphatic rings. The quantitative estimate of drug-likeness (QED) is 0.155. The van der Waals surface area contributed by atoms with E-state index < -0.39 is 0 Å². The maximum atomic E-state index is 6.89. The summed E-state index contributed by atoms with van der Waals surface area (Å²) >= 11 is 0. The van der Waals surface area contributed by atoms with Gasteiger partial charge in [-0.05, 0) is 90.6 Å². The largest absolute Gasteiger partial charge is 0.509 e. The van der Waals surface area contributed by atoms with E-state index in [0.29, 0.717) is 18.2 Å². The molecule has 0 bridgehead atoms. The number of hydrogen-bond donors (Lipinski definition) is 0. The molecule has 2 aromatic heterocycles. The van der Waals surface area contributed by atoms with Gasteiger partial charge >= 0.3 is 0 Å². The number of fused-ring (bicyclic) bond motifs is 3. The van der Waals surface area contributed by atoms with Crippen LogP contribution in [0, 0.1) is 19.6 Å². The van der Waals surface area contributed by atoms with Gasteiger partial charge in [0.05, 0.1) is 12.4 Å². The molecule has 0 spiro atoms. The average Bonchev–Trinajstić information content (AvgIpc) is 3.79. The fourth-order valence-corrected chi connectivity index (χ4v) is 8.31. The summed E-state index contributed by atoms with van der Waals surface area (Å²) in [6.45, 7) is 34.7. The predicted molar refractivity (Wildman–Crippen MR) is 273 cm³/mol. The molecule has 0 N–H and O–H groups in total. The van der Waals surface area contributed by atoms with Crippen molar-refractivity contribution in [2.24, 2.45) is 0 Å². The average molecular weight is 1050 g/mol. The van der Waals surface area contributed by atoms with E-state index in [1.165, 1.54) is 33.3 Å². The van der Waals surface area contributed by atoms with Crippen LogP contribution in [-0.4, -0.2) is 16.2 Å². The van der Waals surface area contributed by atoms with Gasteiger partial charge in [-0.3, -0.25) is 0 Å². The molecule has 0 amide bonds. The number of rotatable bonds is 6. The second kappa shape index (κ2) is 17.6. The second-order valence-corrected chi connectivity index (χ2v) is 22.7. The van der Waals surface area contributed by atoms with Gasteiger partial charge in [0.15, 0.2) is 0 Å². The number of nitrogens with zero attached hydrogens (tertiary/aromatic N) is 4. The van der Waals surface area contributed by atoms with Gasteiger partial charge in [0, 0.05) is 56.2 Å². The van der Waals surface area contributed by atoms with Crippen molar-refractivity contribution in [3.05, 3.63) is 168 Å². The van der Waals surface area contributed by atoms with Crippen molar-refractivity contribution < 1.29 is 25.8 Å². The van der Waals surface area contributed by atoms with E-state index >= 15 is 0 Å². The van der Waals surface area contributed by atoms with Crippen LogP contribution < -0.4 is 14.5 Å². The van der Waals surface area contributed by atoms with Crippen LogP contribution in [0.3, 0.4) is 0 Å². The van der Waals surface area contributed by atoms with Gasteiger partial charge < -0.3 is 26.5 Å². The van der Waals surface area contributed by atoms with Crippen LogP contribution in [0.2, 0.25) is 0 Å². The third-order valence-corrected chi connectivity index (χ3v) is 12.5. The topological polar surface area (TPSA) is 33.5 Å². The molecule has 0 unspecified atom stereocenters. The smallest absolute Gasteiger partial charge is 0.135 e. The first-order valence-corrected chi connectivity index (χ1v) is 22.6. The minimum Gasteiger partial charge on any atom is -0.509 e. The standard InChI is InChI=1S/C58H66N4O.CH3.Pt/c1-54(2,3)39-21-24-50-49(32-39)48-23-22-46(35-51(48)62(50)53-33-40(25-26-59-53)55(4,5)6)63-47-31-43(58(13,14)15)28-44(34-47)60-36-52(38-19-17-16-18-20-38)61(37-60)45-29-41(56(7,8)9)27-42(30-45)57(10,11)12;;/h16-33,36H,37H2,1-15H3;1H3;/q-2;-1;. The van der Waals surface area contributed by atoms with Crippen molar-refractivity contribution in [3.8, 4) is 17.3 Å². The molecule has 0 radical (unpaired) electrons. The molecule has 65 heavy (non-hydrogen) atoms. The molecule has 0 aliphatic carbocycles. The van der Waals surface area contributed by atoms with E-state index in [0.717, 1.165) is 44.7 Å². The third kappa shape index (κ3) is 10.2. The van der Waals surface area contributed by atoms with Crippen LogP contribution in [-0.2, 0) is 48.1 Å². The predicted octanol–water partition coefficient (Wildman–Crippen LogP) is 15.8. The number of aromatic nitrogens is 2. The van der Waals surface area contributed by atoms with Gasteiger partial charge in [0.1, 0.15) is 5.82 Å². The van der Waals surface area contributed by atoms with Gasteiger partial charge in [0.25, 0.3) is 0 Å². The molecular formula is C59H69N4OPt-3. The Morgan fingerprint density at radius 2 is 1.12 bits per heavy atom. The van der Waals surface area contributed by atoms with E-state index in [-0.39, 0.29) is 55.6 Å². The van der Waals surface area contributed by atoms with Crippen LogP contribution >= 0.6 is 0 Å². The molecule has 7 aromatic rings. The molecule has 3 heterocycles. The first kappa shape index (κ1) is 49.3. The summed E-state index contributed by atoms with van der Waals surface area (Å²) in [4.78, 5) is 9.71. The molecule has 0 fully saturated rings. The monoisotopic (exact) mass is 1040 g/mol. The molecular weight excluding hydrogens is 976 g/mol. The summed E-state index contributed by atoms with van der Waals surface area (Å²) in [6.07, 6.45) is 4.20. The zero-order valence-electron chi connectivity index (χ0n) is 41.7. The number of benzene rings is 5. The van der Waals surface area contributed by atoms with Crippen LogP contribution in [0.15, 0.2) is 116 Å². The van der Waals surface area contributed by atoms with E-state index in [1.807, 2.05) is 12.3 Å². The van der Waals surface area contributed by atoms with Gasteiger partial charge in [-0.25, -0.2) is 4.98 Å². The van der Waals surface area contributed by atoms with Gasteiger partial charge in [-0.15, -0.1) is 41.3 Å². The van der Waals surface area contributed by atoms with Crippen LogP contribution in [0.4, 0.5) is 11.4 Å². The molecule has 0 atom stereocenters. The van der Waals surface area contributed by atoms with Crippen LogP contribution in [0.5, 0.6) is 11.5 Å². The third-order valence-electron chi connectivity index (χ3n) is 12.5. The molecule has 1 aliphatic heterocycles. The molecule has 5 aromatic carbocycles. The molecule has 0 saturated carbocycles. The fourth-order valence-electron chi connectivity index (χ4n) is 8.31. The van der Waals surface area contributed by atoms with Crippen molar-refractivity contribution >= 4 is 38.9 Å². The molecule has 8 rings (SSSR count). The molecule has 5 nitrogen and oxygen atoms in total. The van der Waals surface area contributed by atoms with Crippen molar-refractivity contribution in [2.45, 2.75) is 131 Å². The first-order chi connectivity index (χ1) is 29.3. The summed E-state index contributed by atoms with van der Waals surface area (Å²) in [6, 6.07) is 45.1. The Kier molecular flexibility index (Phi) is 13.3. The van der Waals surface area contributed by atoms with Crippen LogP contribution in [0.1, 0.15) is 137 Å². The summed E-state index contributed by atoms with van der Waals surface area (Å²) in [5.74, 6) is 2.14. The Balaban J connectivity index is 0.00000350. The van der Waals surface area contributed by atoms with E-state index in [9.17, 15) is 0 Å². The minimum atomic E-state index is -0.148. The normalized spacial score (nSPS) is 13.8. The maximum absolute atomic E-state index is 6.89. The Morgan fingerprint density at radius 3 is 1.72 bits per heavy atom. The zero-order valence-corrected chi connectivity index (χ0v) is 44.0. The van der Waals surface area contributed by atoms with Crippen molar-refractivity contribution in [1.82, 2.24) is 9.55 Å².